The molecule has 2 rings (SSSR count). The number of nitrogens with zero attached hydrogens (tertiary/aromatic N) is 1. The van der Waals surface area contributed by atoms with Crippen molar-refractivity contribution >= 4 is 29.7 Å². The van der Waals surface area contributed by atoms with Crippen LogP contribution in [-0.2, 0) is 0 Å². The SMILES string of the molecule is CC(C)P(c1c(N(C)C)c[c-]2ccccc12)C(C)C. The van der Waals surface area contributed by atoms with E-state index in [0.29, 0.717) is 0 Å². The van der Waals surface area contributed by atoms with E-state index in [-0.39, 0.29) is 7.92 Å². The molecule has 0 aliphatic rings. The molecule has 0 aliphatic heterocycles. The number of rotatable bonds is 4. The van der Waals surface area contributed by atoms with Gasteiger partial charge in [-0.3, -0.25) is 0 Å². The summed E-state index contributed by atoms with van der Waals surface area (Å²) in [6, 6.07) is 11.2. The highest BCUT2D eigenvalue weighted by atomic mass is 31.1. The molecule has 2 aromatic carbocycles. The Balaban J connectivity index is 2.71. The monoisotopic (exact) mass is 274 g/mol. The van der Waals surface area contributed by atoms with Crippen LogP contribution in [0.25, 0.3) is 10.8 Å². The molecule has 104 valence electrons. The Morgan fingerprint density at radius 1 is 1.05 bits per heavy atom. The molecule has 1 nitrogen and oxygen atoms in total. The van der Waals surface area contributed by atoms with Crippen molar-refractivity contribution in [3.05, 3.63) is 30.3 Å². The van der Waals surface area contributed by atoms with Gasteiger partial charge in [-0.15, -0.1) is 43.6 Å². The van der Waals surface area contributed by atoms with Gasteiger partial charge in [0.2, 0.25) is 0 Å². The third-order valence-electron chi connectivity index (χ3n) is 3.60. The van der Waals surface area contributed by atoms with Crippen molar-refractivity contribution in [2.24, 2.45) is 0 Å². The molecule has 0 saturated carbocycles. The third kappa shape index (κ3) is 2.67. The Bertz CT molecular complexity index is 543. The lowest BCUT2D eigenvalue weighted by Crippen LogP contribution is -2.21. The Morgan fingerprint density at radius 2 is 1.68 bits per heavy atom. The van der Waals surface area contributed by atoms with Gasteiger partial charge in [-0.05, 0) is 31.1 Å². The van der Waals surface area contributed by atoms with E-state index in [0.717, 1.165) is 11.3 Å². The quantitative estimate of drug-likeness (QED) is 0.584. The Hall–Kier alpha value is -0.940. The van der Waals surface area contributed by atoms with Crippen LogP contribution >= 0.6 is 7.92 Å². The highest BCUT2D eigenvalue weighted by molar-refractivity contribution is 7.67. The summed E-state index contributed by atoms with van der Waals surface area (Å²) in [6.45, 7) is 9.47. The maximum Gasteiger partial charge on any atom is -0.00197 e. The van der Waals surface area contributed by atoms with Crippen LogP contribution in [0.1, 0.15) is 27.7 Å². The minimum atomic E-state index is -0.131. The summed E-state index contributed by atoms with van der Waals surface area (Å²) in [5.74, 6) is 0. The largest absolute Gasteiger partial charge is 0.413 e. The maximum atomic E-state index is 2.37. The van der Waals surface area contributed by atoms with E-state index in [2.05, 4.69) is 77.0 Å². The van der Waals surface area contributed by atoms with E-state index >= 15 is 0 Å². The van der Waals surface area contributed by atoms with Crippen molar-refractivity contribution in [3.8, 4) is 0 Å². The van der Waals surface area contributed by atoms with Crippen LogP contribution in [0.2, 0.25) is 0 Å². The number of hydrogen-bond donors (Lipinski definition) is 0. The topological polar surface area (TPSA) is 3.24 Å². The van der Waals surface area contributed by atoms with Gasteiger partial charge in [0.05, 0.1) is 0 Å². The third-order valence-corrected chi connectivity index (χ3v) is 6.82. The van der Waals surface area contributed by atoms with Gasteiger partial charge in [-0.2, -0.15) is 0 Å². The smallest absolute Gasteiger partial charge is 0.00197 e. The first kappa shape index (κ1) is 14.5. The summed E-state index contributed by atoms with van der Waals surface area (Å²) in [5, 5.41) is 4.44. The molecule has 0 radical (unpaired) electrons. The van der Waals surface area contributed by atoms with Crippen molar-refractivity contribution in [1.29, 1.82) is 0 Å². The minimum absolute atomic E-state index is 0.131. The van der Waals surface area contributed by atoms with Crippen LogP contribution in [0.15, 0.2) is 30.3 Å². The number of anilines is 1. The molecule has 0 amide bonds. The van der Waals surface area contributed by atoms with E-state index in [1.165, 1.54) is 16.5 Å². The zero-order chi connectivity index (χ0) is 14.2. The van der Waals surface area contributed by atoms with Crippen molar-refractivity contribution < 1.29 is 0 Å². The van der Waals surface area contributed by atoms with E-state index in [1.807, 2.05) is 0 Å². The van der Waals surface area contributed by atoms with Gasteiger partial charge in [-0.25, -0.2) is 0 Å². The van der Waals surface area contributed by atoms with Crippen LogP contribution in [0.5, 0.6) is 0 Å². The molecule has 0 saturated heterocycles. The van der Waals surface area contributed by atoms with Gasteiger partial charge in [-0.1, -0.05) is 38.4 Å². The Morgan fingerprint density at radius 3 is 2.21 bits per heavy atom. The highest BCUT2D eigenvalue weighted by Gasteiger charge is 2.20. The fourth-order valence-corrected chi connectivity index (χ4v) is 6.15. The van der Waals surface area contributed by atoms with Crippen molar-refractivity contribution in [2.75, 3.05) is 19.0 Å². The summed E-state index contributed by atoms with van der Waals surface area (Å²) < 4.78 is 0. The van der Waals surface area contributed by atoms with E-state index in [4.69, 9.17) is 0 Å². The molecule has 0 bridgehead atoms. The lowest BCUT2D eigenvalue weighted by Gasteiger charge is -2.33. The summed E-state index contributed by atoms with van der Waals surface area (Å²) in [6.07, 6.45) is 0. The van der Waals surface area contributed by atoms with Gasteiger partial charge in [0, 0.05) is 0 Å². The molecule has 0 aliphatic carbocycles. The van der Waals surface area contributed by atoms with Gasteiger partial charge < -0.3 is 4.90 Å². The molecule has 0 atom stereocenters. The van der Waals surface area contributed by atoms with Gasteiger partial charge in [0.1, 0.15) is 0 Å². The molecule has 0 fully saturated rings. The average molecular weight is 274 g/mol. The fourth-order valence-electron chi connectivity index (χ4n) is 2.92. The summed E-state index contributed by atoms with van der Waals surface area (Å²) in [4.78, 5) is 2.27. The molecule has 0 unspecified atom stereocenters. The maximum absolute atomic E-state index is 2.37. The Labute approximate surface area is 118 Å². The van der Waals surface area contributed by atoms with Gasteiger partial charge >= 0.3 is 0 Å². The molecular formula is C17H25NP-. The zero-order valence-electron chi connectivity index (χ0n) is 12.9. The average Bonchev–Trinajstić information content (AvgIpc) is 2.68. The van der Waals surface area contributed by atoms with E-state index < -0.39 is 0 Å². The van der Waals surface area contributed by atoms with Crippen LogP contribution in [-0.4, -0.2) is 25.4 Å². The standard InChI is InChI=1S/C17H25NP/c1-12(2)19(13(3)4)17-15-10-8-7-9-14(15)11-16(17)18(5)6/h7-13H,1-6H3/q-1. The Kier molecular flexibility index (Phi) is 4.26. The molecule has 0 aromatic heterocycles. The minimum Gasteiger partial charge on any atom is -0.413 e. The fraction of sp³-hybridized carbons (Fsp3) is 0.471. The first-order valence-electron chi connectivity index (χ1n) is 7.07. The predicted octanol–water partition coefficient (Wildman–Crippen LogP) is 4.55. The normalized spacial score (nSPS) is 12.1. The summed E-state index contributed by atoms with van der Waals surface area (Å²) in [7, 11) is 4.19. The molecule has 0 heterocycles. The molecule has 2 heteroatoms. The van der Waals surface area contributed by atoms with Crippen LogP contribution in [0, 0.1) is 0 Å². The van der Waals surface area contributed by atoms with Crippen molar-refractivity contribution in [2.45, 2.75) is 39.0 Å². The lowest BCUT2D eigenvalue weighted by atomic mass is 10.2. The number of benzene rings is 1. The summed E-state index contributed by atoms with van der Waals surface area (Å²) in [5.41, 5.74) is 2.86. The zero-order valence-corrected chi connectivity index (χ0v) is 13.8. The summed E-state index contributed by atoms with van der Waals surface area (Å²) >= 11 is 0. The van der Waals surface area contributed by atoms with Gasteiger partial charge in [0.15, 0.2) is 0 Å². The van der Waals surface area contributed by atoms with E-state index in [9.17, 15) is 0 Å². The second-order valence-corrected chi connectivity index (χ2v) is 9.28. The predicted molar refractivity (Wildman–Crippen MR) is 90.7 cm³/mol. The van der Waals surface area contributed by atoms with Gasteiger partial charge in [0.25, 0.3) is 0 Å². The van der Waals surface area contributed by atoms with E-state index in [1.54, 1.807) is 5.30 Å². The highest BCUT2D eigenvalue weighted by Crippen LogP contribution is 2.49. The van der Waals surface area contributed by atoms with Crippen LogP contribution < -0.4 is 10.2 Å². The first-order valence-corrected chi connectivity index (χ1v) is 8.55. The van der Waals surface area contributed by atoms with Crippen LogP contribution in [0.4, 0.5) is 5.69 Å². The lowest BCUT2D eigenvalue weighted by molar-refractivity contribution is 1.02. The molecule has 0 spiro atoms. The van der Waals surface area contributed by atoms with Crippen molar-refractivity contribution in [3.63, 3.8) is 0 Å². The second kappa shape index (κ2) is 5.59. The molecular weight excluding hydrogens is 249 g/mol. The number of hydrogen-bond acceptors (Lipinski definition) is 1. The first-order chi connectivity index (χ1) is 8.93. The van der Waals surface area contributed by atoms with Crippen LogP contribution in [0.3, 0.4) is 0 Å². The molecule has 0 N–H and O–H groups in total. The molecule has 2 aromatic rings. The second-order valence-electron chi connectivity index (χ2n) is 5.95. The number of fused-ring (bicyclic) bond motifs is 1. The molecule has 19 heavy (non-hydrogen) atoms. The van der Waals surface area contributed by atoms with Crippen molar-refractivity contribution in [1.82, 2.24) is 0 Å².